The van der Waals surface area contributed by atoms with Crippen molar-refractivity contribution in [3.63, 3.8) is 0 Å². The Kier molecular flexibility index (Phi) is 3.08. The third-order valence-electron chi connectivity index (χ3n) is 2.52. The van der Waals surface area contributed by atoms with Crippen LogP contribution in [0.25, 0.3) is 10.4 Å². The van der Waals surface area contributed by atoms with Crippen LogP contribution in [0.1, 0.15) is 23.4 Å². The number of halogens is 1. The maximum absolute atomic E-state index is 13.1. The first kappa shape index (κ1) is 11.3. The number of aryl methyl sites for hydroxylation is 1. The zero-order valence-corrected chi connectivity index (χ0v) is 10.1. The molecule has 0 aliphatic rings. The Bertz CT molecular complexity index is 502. The van der Waals surface area contributed by atoms with Crippen molar-refractivity contribution >= 4 is 11.3 Å². The van der Waals surface area contributed by atoms with Gasteiger partial charge < -0.3 is 5.73 Å². The van der Waals surface area contributed by atoms with Crippen LogP contribution in [0.4, 0.5) is 4.39 Å². The van der Waals surface area contributed by atoms with Crippen molar-refractivity contribution in [3.05, 3.63) is 46.6 Å². The van der Waals surface area contributed by atoms with Gasteiger partial charge in [0.25, 0.3) is 0 Å². The summed E-state index contributed by atoms with van der Waals surface area (Å²) in [5.41, 5.74) is 7.54. The van der Waals surface area contributed by atoms with E-state index in [1.807, 2.05) is 25.1 Å². The predicted octanol–water partition coefficient (Wildman–Crippen LogP) is 3.88. The summed E-state index contributed by atoms with van der Waals surface area (Å²) in [5.74, 6) is -0.160. The summed E-state index contributed by atoms with van der Waals surface area (Å²) in [5, 5.41) is 0. The fourth-order valence-electron chi connectivity index (χ4n) is 1.55. The lowest BCUT2D eigenvalue weighted by Gasteiger charge is -2.01. The summed E-state index contributed by atoms with van der Waals surface area (Å²) in [6.07, 6.45) is 0. The summed E-state index contributed by atoms with van der Waals surface area (Å²) < 4.78 is 13.1. The molecule has 1 atom stereocenters. The number of rotatable bonds is 2. The first-order valence-corrected chi connectivity index (χ1v) is 6.01. The largest absolute Gasteiger partial charge is 0.324 e. The molecule has 1 nitrogen and oxygen atoms in total. The normalized spacial score (nSPS) is 12.8. The Hall–Kier alpha value is -1.19. The van der Waals surface area contributed by atoms with E-state index in [4.69, 9.17) is 5.73 Å². The standard InChI is InChI=1S/C13H14FNS/c1-8-7-10(3-4-11(8)14)13-6-5-12(16-13)9(2)15/h3-7,9H,15H2,1-2H3. The van der Waals surface area contributed by atoms with Crippen LogP contribution in [0.2, 0.25) is 0 Å². The fourth-order valence-corrected chi connectivity index (χ4v) is 2.51. The van der Waals surface area contributed by atoms with Gasteiger partial charge in [-0.2, -0.15) is 0 Å². The van der Waals surface area contributed by atoms with Crippen LogP contribution >= 0.6 is 11.3 Å². The minimum atomic E-state index is -0.160. The van der Waals surface area contributed by atoms with Crippen LogP contribution in [0, 0.1) is 12.7 Å². The molecular weight excluding hydrogens is 221 g/mol. The van der Waals surface area contributed by atoms with Crippen LogP contribution in [-0.4, -0.2) is 0 Å². The molecule has 2 rings (SSSR count). The van der Waals surface area contributed by atoms with Crippen molar-refractivity contribution in [2.75, 3.05) is 0 Å². The van der Waals surface area contributed by atoms with Gasteiger partial charge in [0.15, 0.2) is 0 Å². The SMILES string of the molecule is Cc1cc(-c2ccc(C(C)N)s2)ccc1F. The van der Waals surface area contributed by atoms with E-state index in [0.29, 0.717) is 5.56 Å². The average Bonchev–Trinajstić information content (AvgIpc) is 2.71. The van der Waals surface area contributed by atoms with E-state index < -0.39 is 0 Å². The fraction of sp³-hybridized carbons (Fsp3) is 0.231. The molecular formula is C13H14FNS. The summed E-state index contributed by atoms with van der Waals surface area (Å²) >= 11 is 1.66. The van der Waals surface area contributed by atoms with Gasteiger partial charge in [-0.05, 0) is 49.2 Å². The molecule has 3 heteroatoms. The van der Waals surface area contributed by atoms with Gasteiger partial charge in [0.05, 0.1) is 0 Å². The monoisotopic (exact) mass is 235 g/mol. The molecule has 0 amide bonds. The first-order valence-electron chi connectivity index (χ1n) is 5.20. The smallest absolute Gasteiger partial charge is 0.126 e. The van der Waals surface area contributed by atoms with Crippen LogP contribution in [0.3, 0.4) is 0 Å². The van der Waals surface area contributed by atoms with E-state index in [1.54, 1.807) is 24.3 Å². The van der Waals surface area contributed by atoms with Crippen LogP contribution in [-0.2, 0) is 0 Å². The zero-order chi connectivity index (χ0) is 11.7. The second-order valence-electron chi connectivity index (χ2n) is 3.95. The van der Waals surface area contributed by atoms with Gasteiger partial charge in [-0.15, -0.1) is 11.3 Å². The van der Waals surface area contributed by atoms with Crippen LogP contribution < -0.4 is 5.73 Å². The molecule has 0 saturated heterocycles. The Morgan fingerprint density at radius 2 is 2.00 bits per heavy atom. The maximum atomic E-state index is 13.1. The lowest BCUT2D eigenvalue weighted by atomic mass is 10.1. The van der Waals surface area contributed by atoms with Gasteiger partial charge in [-0.25, -0.2) is 4.39 Å². The molecule has 0 fully saturated rings. The minimum absolute atomic E-state index is 0.0558. The number of hydrogen-bond acceptors (Lipinski definition) is 2. The van der Waals surface area contributed by atoms with E-state index in [-0.39, 0.29) is 11.9 Å². The summed E-state index contributed by atoms with van der Waals surface area (Å²) in [7, 11) is 0. The van der Waals surface area contributed by atoms with Crippen LogP contribution in [0.5, 0.6) is 0 Å². The van der Waals surface area contributed by atoms with Gasteiger partial charge >= 0.3 is 0 Å². The zero-order valence-electron chi connectivity index (χ0n) is 9.33. The van der Waals surface area contributed by atoms with E-state index in [9.17, 15) is 4.39 Å². The quantitative estimate of drug-likeness (QED) is 0.839. The Balaban J connectivity index is 2.39. The number of nitrogens with two attached hydrogens (primary N) is 1. The molecule has 0 aliphatic heterocycles. The highest BCUT2D eigenvalue weighted by Crippen LogP contribution is 2.31. The van der Waals surface area contributed by atoms with Gasteiger partial charge in [0.2, 0.25) is 0 Å². The third-order valence-corrected chi connectivity index (χ3v) is 3.85. The predicted molar refractivity (Wildman–Crippen MR) is 67.1 cm³/mol. The highest BCUT2D eigenvalue weighted by Gasteiger charge is 2.07. The molecule has 1 heterocycles. The van der Waals surface area contributed by atoms with Crippen molar-refractivity contribution in [2.45, 2.75) is 19.9 Å². The van der Waals surface area contributed by atoms with Gasteiger partial charge in [-0.3, -0.25) is 0 Å². The molecule has 1 aromatic carbocycles. The number of benzene rings is 1. The highest BCUT2D eigenvalue weighted by molar-refractivity contribution is 7.15. The lowest BCUT2D eigenvalue weighted by molar-refractivity contribution is 0.619. The highest BCUT2D eigenvalue weighted by atomic mass is 32.1. The second-order valence-corrected chi connectivity index (χ2v) is 5.07. The molecule has 0 radical (unpaired) electrons. The molecule has 1 unspecified atom stereocenters. The van der Waals surface area contributed by atoms with E-state index in [2.05, 4.69) is 0 Å². The molecule has 16 heavy (non-hydrogen) atoms. The molecule has 0 aliphatic carbocycles. The van der Waals surface area contributed by atoms with Crippen molar-refractivity contribution in [1.82, 2.24) is 0 Å². The van der Waals surface area contributed by atoms with Gasteiger partial charge in [0, 0.05) is 15.8 Å². The first-order chi connectivity index (χ1) is 7.58. The third kappa shape index (κ3) is 2.15. The molecule has 0 bridgehead atoms. The van der Waals surface area contributed by atoms with Crippen molar-refractivity contribution < 1.29 is 4.39 Å². The molecule has 84 valence electrons. The summed E-state index contributed by atoms with van der Waals surface area (Å²) in [4.78, 5) is 2.28. The molecule has 0 spiro atoms. The minimum Gasteiger partial charge on any atom is -0.324 e. The molecule has 2 aromatic rings. The summed E-state index contributed by atoms with van der Waals surface area (Å²) in [6.45, 7) is 3.74. The second kappa shape index (κ2) is 4.36. The topological polar surface area (TPSA) is 26.0 Å². The number of thiophene rings is 1. The van der Waals surface area contributed by atoms with Crippen molar-refractivity contribution in [1.29, 1.82) is 0 Å². The van der Waals surface area contributed by atoms with Gasteiger partial charge in [-0.1, -0.05) is 6.07 Å². The maximum Gasteiger partial charge on any atom is 0.126 e. The Morgan fingerprint density at radius 3 is 2.56 bits per heavy atom. The lowest BCUT2D eigenvalue weighted by Crippen LogP contribution is -2.01. The molecule has 0 saturated carbocycles. The van der Waals surface area contributed by atoms with Crippen LogP contribution in [0.15, 0.2) is 30.3 Å². The Morgan fingerprint density at radius 1 is 1.25 bits per heavy atom. The van der Waals surface area contributed by atoms with E-state index in [1.165, 1.54) is 6.07 Å². The average molecular weight is 235 g/mol. The van der Waals surface area contributed by atoms with E-state index in [0.717, 1.165) is 15.3 Å². The van der Waals surface area contributed by atoms with Crippen molar-refractivity contribution in [3.8, 4) is 10.4 Å². The number of hydrogen-bond donors (Lipinski definition) is 1. The van der Waals surface area contributed by atoms with Gasteiger partial charge in [0.1, 0.15) is 5.82 Å². The Labute approximate surface area is 98.7 Å². The van der Waals surface area contributed by atoms with E-state index >= 15 is 0 Å². The molecule has 2 N–H and O–H groups in total. The van der Waals surface area contributed by atoms with Crippen molar-refractivity contribution in [2.24, 2.45) is 5.73 Å². The molecule has 1 aromatic heterocycles. The summed E-state index contributed by atoms with van der Waals surface area (Å²) in [6, 6.07) is 9.31.